The molecule has 0 bridgehead atoms. The number of aromatic nitrogens is 1. The number of anilines is 1. The van der Waals surface area contributed by atoms with Gasteiger partial charge in [-0.1, -0.05) is 28.1 Å². The quantitative estimate of drug-likeness (QED) is 0.915. The summed E-state index contributed by atoms with van der Waals surface area (Å²) < 4.78 is 2.31. The number of rotatable bonds is 4. The summed E-state index contributed by atoms with van der Waals surface area (Å²) in [6.45, 7) is 0.472. The molecule has 2 rings (SSSR count). The van der Waals surface area contributed by atoms with Crippen molar-refractivity contribution in [3.8, 4) is 0 Å². The zero-order valence-corrected chi connectivity index (χ0v) is 13.2. The van der Waals surface area contributed by atoms with Gasteiger partial charge in [-0.05, 0) is 23.8 Å². The lowest BCUT2D eigenvalue weighted by molar-refractivity contribution is -0.131. The highest BCUT2D eigenvalue weighted by Gasteiger charge is 2.11. The first-order valence-electron chi connectivity index (χ1n) is 6.40. The van der Waals surface area contributed by atoms with Crippen LogP contribution >= 0.6 is 15.9 Å². The van der Waals surface area contributed by atoms with Crippen LogP contribution in [0.4, 0.5) is 5.69 Å². The van der Waals surface area contributed by atoms with Gasteiger partial charge in [-0.3, -0.25) is 9.59 Å². The Balaban J connectivity index is 2.04. The van der Waals surface area contributed by atoms with Gasteiger partial charge < -0.3 is 15.2 Å². The molecule has 1 aromatic heterocycles. The lowest BCUT2D eigenvalue weighted by Crippen LogP contribution is -2.33. The molecule has 0 aliphatic heterocycles. The first-order valence-corrected chi connectivity index (χ1v) is 7.19. The molecule has 0 saturated carbocycles. The fourth-order valence-corrected chi connectivity index (χ4v) is 2.16. The highest BCUT2D eigenvalue weighted by Crippen LogP contribution is 2.12. The van der Waals surface area contributed by atoms with E-state index in [1.165, 1.54) is 22.9 Å². The van der Waals surface area contributed by atoms with E-state index >= 15 is 0 Å². The topological polar surface area (TPSA) is 68.3 Å². The maximum absolute atomic E-state index is 12.2. The van der Waals surface area contributed by atoms with Crippen molar-refractivity contribution in [2.45, 2.75) is 13.1 Å². The number of halogens is 1. The largest absolute Gasteiger partial charge is 0.398 e. The summed E-state index contributed by atoms with van der Waals surface area (Å²) in [5.74, 6) is -0.148. The minimum Gasteiger partial charge on any atom is -0.398 e. The predicted molar refractivity (Wildman–Crippen MR) is 85.7 cm³/mol. The second-order valence-electron chi connectivity index (χ2n) is 4.80. The summed E-state index contributed by atoms with van der Waals surface area (Å²) in [6, 6.07) is 10.6. The third-order valence-electron chi connectivity index (χ3n) is 3.07. The number of carbonyl (C=O) groups is 1. The fourth-order valence-electron chi connectivity index (χ4n) is 1.89. The Morgan fingerprint density at radius 2 is 1.90 bits per heavy atom. The smallest absolute Gasteiger partial charge is 0.251 e. The number of amides is 1. The van der Waals surface area contributed by atoms with Crippen molar-refractivity contribution in [3.05, 3.63) is 63.0 Å². The van der Waals surface area contributed by atoms with Gasteiger partial charge in [0.15, 0.2) is 0 Å². The minimum atomic E-state index is -0.241. The van der Waals surface area contributed by atoms with Crippen LogP contribution in [0.15, 0.2) is 51.9 Å². The third kappa shape index (κ3) is 4.19. The van der Waals surface area contributed by atoms with Gasteiger partial charge >= 0.3 is 0 Å². The van der Waals surface area contributed by atoms with Crippen molar-refractivity contribution < 1.29 is 4.79 Å². The molecular formula is C15H16BrN3O2. The van der Waals surface area contributed by atoms with Gasteiger partial charge in [0, 0.05) is 36.0 Å². The van der Waals surface area contributed by atoms with Crippen molar-refractivity contribution in [2.75, 3.05) is 12.8 Å². The van der Waals surface area contributed by atoms with E-state index < -0.39 is 0 Å². The van der Waals surface area contributed by atoms with Gasteiger partial charge in [0.05, 0.1) is 0 Å². The molecule has 5 nitrogen and oxygen atoms in total. The van der Waals surface area contributed by atoms with Gasteiger partial charge in [0.1, 0.15) is 6.54 Å². The number of nitrogens with zero attached hydrogens (tertiary/aromatic N) is 2. The van der Waals surface area contributed by atoms with Crippen molar-refractivity contribution in [1.29, 1.82) is 0 Å². The van der Waals surface area contributed by atoms with Crippen LogP contribution in [0.3, 0.4) is 0 Å². The Morgan fingerprint density at radius 3 is 2.57 bits per heavy atom. The third-order valence-corrected chi connectivity index (χ3v) is 3.60. The second kappa shape index (κ2) is 6.58. The van der Waals surface area contributed by atoms with Crippen LogP contribution in [-0.2, 0) is 17.9 Å². The molecule has 0 spiro atoms. The Morgan fingerprint density at radius 1 is 1.24 bits per heavy atom. The molecule has 2 N–H and O–H groups in total. The first-order chi connectivity index (χ1) is 9.95. The van der Waals surface area contributed by atoms with Crippen molar-refractivity contribution in [3.63, 3.8) is 0 Å². The number of benzene rings is 1. The summed E-state index contributed by atoms with van der Waals surface area (Å²) in [4.78, 5) is 25.4. The molecule has 1 amide bonds. The summed E-state index contributed by atoms with van der Waals surface area (Å²) >= 11 is 3.37. The molecule has 0 unspecified atom stereocenters. The zero-order valence-electron chi connectivity index (χ0n) is 11.6. The molecule has 1 heterocycles. The SMILES string of the molecule is CN(Cc1ccc(Br)cc1)C(=O)Cn1cc(N)ccc1=O. The molecule has 110 valence electrons. The van der Waals surface area contributed by atoms with Gasteiger partial charge in [-0.2, -0.15) is 0 Å². The molecule has 0 fully saturated rings. The Hall–Kier alpha value is -2.08. The second-order valence-corrected chi connectivity index (χ2v) is 5.72. The zero-order chi connectivity index (χ0) is 15.4. The monoisotopic (exact) mass is 349 g/mol. The molecule has 2 aromatic rings. The van der Waals surface area contributed by atoms with E-state index in [2.05, 4.69) is 15.9 Å². The van der Waals surface area contributed by atoms with E-state index in [0.29, 0.717) is 12.2 Å². The number of likely N-dealkylation sites (N-methyl/N-ethyl adjacent to an activating group) is 1. The molecule has 0 aliphatic carbocycles. The summed E-state index contributed by atoms with van der Waals surface area (Å²) in [5.41, 5.74) is 6.87. The summed E-state index contributed by atoms with van der Waals surface area (Å²) in [7, 11) is 1.71. The lowest BCUT2D eigenvalue weighted by Gasteiger charge is -2.18. The average molecular weight is 350 g/mol. The number of hydrogen-bond donors (Lipinski definition) is 1. The number of pyridine rings is 1. The van der Waals surface area contributed by atoms with E-state index in [4.69, 9.17) is 5.73 Å². The highest BCUT2D eigenvalue weighted by atomic mass is 79.9. The van der Waals surface area contributed by atoms with Crippen LogP contribution in [0, 0.1) is 0 Å². The maximum Gasteiger partial charge on any atom is 0.251 e. The van der Waals surface area contributed by atoms with Crippen LogP contribution < -0.4 is 11.3 Å². The van der Waals surface area contributed by atoms with Crippen LogP contribution in [-0.4, -0.2) is 22.4 Å². The highest BCUT2D eigenvalue weighted by molar-refractivity contribution is 9.10. The normalized spacial score (nSPS) is 10.4. The Labute approximate surface area is 131 Å². The molecule has 21 heavy (non-hydrogen) atoms. The van der Waals surface area contributed by atoms with E-state index in [1.807, 2.05) is 24.3 Å². The molecule has 0 saturated heterocycles. The summed E-state index contributed by atoms with van der Waals surface area (Å²) in [6.07, 6.45) is 1.48. The Kier molecular flexibility index (Phi) is 4.80. The predicted octanol–water partition coefficient (Wildman–Crippen LogP) is 1.85. The van der Waals surface area contributed by atoms with E-state index in [0.717, 1.165) is 10.0 Å². The molecule has 0 atom stereocenters. The standard InChI is InChI=1S/C15H16BrN3O2/c1-18(8-11-2-4-12(16)5-3-11)15(21)10-19-9-13(17)6-7-14(19)20/h2-7,9H,8,10,17H2,1H3. The van der Waals surface area contributed by atoms with E-state index in [1.54, 1.807) is 11.9 Å². The fraction of sp³-hybridized carbons (Fsp3) is 0.200. The number of hydrogen-bond acceptors (Lipinski definition) is 3. The number of nitrogens with two attached hydrogens (primary N) is 1. The molecule has 1 aromatic carbocycles. The van der Waals surface area contributed by atoms with Crippen molar-refractivity contribution in [1.82, 2.24) is 9.47 Å². The number of nitrogen functional groups attached to an aromatic ring is 1. The van der Waals surface area contributed by atoms with Gasteiger partial charge in [-0.25, -0.2) is 0 Å². The molecule has 0 aliphatic rings. The molecule has 6 heteroatoms. The van der Waals surface area contributed by atoms with Gasteiger partial charge in [0.25, 0.3) is 5.56 Å². The van der Waals surface area contributed by atoms with Crippen LogP contribution in [0.5, 0.6) is 0 Å². The van der Waals surface area contributed by atoms with Crippen LogP contribution in [0.25, 0.3) is 0 Å². The number of carbonyl (C=O) groups excluding carboxylic acids is 1. The van der Waals surface area contributed by atoms with Gasteiger partial charge in [0.2, 0.25) is 5.91 Å². The van der Waals surface area contributed by atoms with Crippen LogP contribution in [0.2, 0.25) is 0 Å². The summed E-state index contributed by atoms with van der Waals surface area (Å²) in [5, 5.41) is 0. The minimum absolute atomic E-state index is 0.0170. The first kappa shape index (κ1) is 15.3. The molecule has 0 radical (unpaired) electrons. The Bertz CT molecular complexity index is 695. The van der Waals surface area contributed by atoms with E-state index in [-0.39, 0.29) is 18.0 Å². The van der Waals surface area contributed by atoms with Crippen molar-refractivity contribution in [2.24, 2.45) is 0 Å². The molecular weight excluding hydrogens is 334 g/mol. The van der Waals surface area contributed by atoms with Crippen molar-refractivity contribution >= 4 is 27.5 Å². The van der Waals surface area contributed by atoms with E-state index in [9.17, 15) is 9.59 Å². The van der Waals surface area contributed by atoms with Crippen LogP contribution in [0.1, 0.15) is 5.56 Å². The maximum atomic E-state index is 12.2. The average Bonchev–Trinajstić information content (AvgIpc) is 2.45. The lowest BCUT2D eigenvalue weighted by atomic mass is 10.2. The van der Waals surface area contributed by atoms with Gasteiger partial charge in [-0.15, -0.1) is 0 Å².